The summed E-state index contributed by atoms with van der Waals surface area (Å²) in [5.74, 6) is 1.59. The van der Waals surface area contributed by atoms with Crippen LogP contribution in [-0.4, -0.2) is 19.3 Å². The molecule has 0 unspecified atom stereocenters. The van der Waals surface area contributed by atoms with Gasteiger partial charge in [0.05, 0.1) is 0 Å². The van der Waals surface area contributed by atoms with Gasteiger partial charge in [-0.2, -0.15) is 0 Å². The molecule has 0 bridgehead atoms. The van der Waals surface area contributed by atoms with Crippen molar-refractivity contribution in [2.75, 3.05) is 13.2 Å². The molecule has 22 heavy (non-hydrogen) atoms. The largest absolute Gasteiger partial charge is 0.486 e. The second-order valence-electron chi connectivity index (χ2n) is 4.29. The summed E-state index contributed by atoms with van der Waals surface area (Å²) in [5, 5.41) is 0. The van der Waals surface area contributed by atoms with E-state index in [1.807, 2.05) is 64.1 Å². The highest BCUT2D eigenvalue weighted by atomic mass is 16.6. The fourth-order valence-corrected chi connectivity index (χ4v) is 2.10. The first-order valence-corrected chi connectivity index (χ1v) is 8.06. The third kappa shape index (κ3) is 4.25. The van der Waals surface area contributed by atoms with Crippen LogP contribution in [0.2, 0.25) is 0 Å². The van der Waals surface area contributed by atoms with Crippen LogP contribution in [0, 0.1) is 0 Å². The van der Waals surface area contributed by atoms with Crippen LogP contribution in [0.5, 0.6) is 11.5 Å². The molecule has 3 nitrogen and oxygen atoms in total. The first-order chi connectivity index (χ1) is 10.9. The Kier molecular flexibility index (Phi) is 8.08. The van der Waals surface area contributed by atoms with Crippen LogP contribution in [0.3, 0.4) is 0 Å². The second-order valence-corrected chi connectivity index (χ2v) is 4.29. The maximum atomic E-state index is 5.92. The van der Waals surface area contributed by atoms with Crippen molar-refractivity contribution in [1.29, 1.82) is 0 Å². The number of para-hydroxylation sites is 1. The van der Waals surface area contributed by atoms with Crippen molar-refractivity contribution >= 4 is 0 Å². The minimum Gasteiger partial charge on any atom is -0.486 e. The summed E-state index contributed by atoms with van der Waals surface area (Å²) in [5.41, 5.74) is 7.81. The van der Waals surface area contributed by atoms with Crippen molar-refractivity contribution in [3.63, 3.8) is 0 Å². The highest BCUT2D eigenvalue weighted by Gasteiger charge is 2.22. The lowest BCUT2D eigenvalue weighted by Crippen LogP contribution is -2.35. The Morgan fingerprint density at radius 1 is 0.955 bits per heavy atom. The molecule has 120 valence electrons. The maximum absolute atomic E-state index is 5.92. The zero-order valence-corrected chi connectivity index (χ0v) is 14.0. The van der Waals surface area contributed by atoms with Gasteiger partial charge in [-0.25, -0.2) is 0 Å². The summed E-state index contributed by atoms with van der Waals surface area (Å²) >= 11 is 0. The Morgan fingerprint density at radius 2 is 1.64 bits per heavy atom. The molecule has 2 aromatic rings. The average Bonchev–Trinajstić information content (AvgIpc) is 2.65. The van der Waals surface area contributed by atoms with Gasteiger partial charge in [0.2, 0.25) is 0 Å². The fourth-order valence-electron chi connectivity index (χ4n) is 2.10. The maximum Gasteiger partial charge on any atom is 0.169 e. The number of rotatable bonds is 2. The van der Waals surface area contributed by atoms with Crippen LogP contribution in [0.15, 0.2) is 48.5 Å². The molecule has 0 aromatic heterocycles. The van der Waals surface area contributed by atoms with Crippen LogP contribution in [0.4, 0.5) is 0 Å². The van der Waals surface area contributed by atoms with Crippen LogP contribution in [0.25, 0.3) is 11.1 Å². The molecule has 2 N–H and O–H groups in total. The van der Waals surface area contributed by atoms with Crippen LogP contribution >= 0.6 is 0 Å². The van der Waals surface area contributed by atoms with E-state index in [1.54, 1.807) is 0 Å². The van der Waals surface area contributed by atoms with E-state index in [1.165, 1.54) is 0 Å². The minimum absolute atomic E-state index is 0.0673. The van der Waals surface area contributed by atoms with Gasteiger partial charge in [0.25, 0.3) is 0 Å². The van der Waals surface area contributed by atoms with Gasteiger partial charge in [-0.05, 0) is 11.6 Å². The van der Waals surface area contributed by atoms with Gasteiger partial charge in [0.1, 0.15) is 12.7 Å². The molecule has 1 atom stereocenters. The van der Waals surface area contributed by atoms with Crippen molar-refractivity contribution in [1.82, 2.24) is 0 Å². The van der Waals surface area contributed by atoms with Crippen LogP contribution in [-0.2, 0) is 0 Å². The molecule has 3 rings (SSSR count). The first kappa shape index (κ1) is 18.1. The van der Waals surface area contributed by atoms with Crippen LogP contribution < -0.4 is 15.2 Å². The molecule has 3 heteroatoms. The topological polar surface area (TPSA) is 44.5 Å². The Labute approximate surface area is 134 Å². The number of benzene rings is 2. The van der Waals surface area contributed by atoms with Gasteiger partial charge >= 0.3 is 0 Å². The van der Waals surface area contributed by atoms with Crippen molar-refractivity contribution < 1.29 is 9.47 Å². The van der Waals surface area contributed by atoms with Crippen molar-refractivity contribution in [2.45, 2.75) is 33.8 Å². The number of hydrogen-bond acceptors (Lipinski definition) is 3. The van der Waals surface area contributed by atoms with Gasteiger partial charge in [0.15, 0.2) is 11.5 Å². The Balaban J connectivity index is 0.000000561. The summed E-state index contributed by atoms with van der Waals surface area (Å²) in [7, 11) is 0. The predicted octanol–water partition coefficient (Wildman–Crippen LogP) is 4.50. The molecular weight excluding hydrogens is 274 g/mol. The van der Waals surface area contributed by atoms with Gasteiger partial charge in [-0.1, -0.05) is 70.2 Å². The van der Waals surface area contributed by atoms with Crippen molar-refractivity contribution in [3.05, 3.63) is 48.5 Å². The molecule has 1 heterocycles. The third-order valence-corrected chi connectivity index (χ3v) is 3.04. The Bertz CT molecular complexity index is 540. The van der Waals surface area contributed by atoms with Crippen molar-refractivity contribution in [3.8, 4) is 22.6 Å². The predicted molar refractivity (Wildman–Crippen MR) is 93.5 cm³/mol. The van der Waals surface area contributed by atoms with E-state index >= 15 is 0 Å². The Morgan fingerprint density at radius 3 is 2.27 bits per heavy atom. The number of nitrogens with two attached hydrogens (primary N) is 1. The van der Waals surface area contributed by atoms with Gasteiger partial charge in [0, 0.05) is 12.1 Å². The van der Waals surface area contributed by atoms with Gasteiger partial charge in [-0.15, -0.1) is 0 Å². The normalized spacial score (nSPS) is 14.9. The monoisotopic (exact) mass is 301 g/mol. The number of ether oxygens (including phenoxy) is 2. The molecule has 0 saturated carbocycles. The van der Waals surface area contributed by atoms with E-state index < -0.39 is 0 Å². The average molecular weight is 301 g/mol. The highest BCUT2D eigenvalue weighted by molar-refractivity contribution is 5.74. The molecule has 0 aliphatic carbocycles. The van der Waals surface area contributed by atoms with Gasteiger partial charge < -0.3 is 15.2 Å². The summed E-state index contributed by atoms with van der Waals surface area (Å²) in [6.07, 6.45) is -0.0673. The molecule has 0 amide bonds. The van der Waals surface area contributed by atoms with E-state index in [0.29, 0.717) is 13.2 Å². The summed E-state index contributed by atoms with van der Waals surface area (Å²) < 4.78 is 11.6. The lowest BCUT2D eigenvalue weighted by molar-refractivity contribution is 0.0976. The SMILES string of the molecule is CC.CC.NC[C@H]1COc2cccc(-c3ccccc3)c2O1. The smallest absolute Gasteiger partial charge is 0.169 e. The lowest BCUT2D eigenvalue weighted by Gasteiger charge is -2.27. The molecule has 2 aromatic carbocycles. The molecule has 0 fully saturated rings. The molecule has 0 saturated heterocycles. The zero-order chi connectivity index (χ0) is 16.4. The summed E-state index contributed by atoms with van der Waals surface area (Å²) in [4.78, 5) is 0. The summed E-state index contributed by atoms with van der Waals surface area (Å²) in [6, 6.07) is 16.1. The summed E-state index contributed by atoms with van der Waals surface area (Å²) in [6.45, 7) is 8.98. The molecule has 1 aliphatic heterocycles. The fraction of sp³-hybridized carbons (Fsp3) is 0.368. The van der Waals surface area contributed by atoms with Crippen molar-refractivity contribution in [2.24, 2.45) is 5.73 Å². The standard InChI is InChI=1S/C15H15NO2.2C2H6/c16-9-12-10-17-14-8-4-7-13(15(14)18-12)11-5-2-1-3-6-11;2*1-2/h1-8,12H,9-10,16H2;2*1-2H3/t12-;;/m0../s1. The quantitative estimate of drug-likeness (QED) is 0.888. The molecule has 0 radical (unpaired) electrons. The molecular formula is C19H27NO2. The lowest BCUT2D eigenvalue weighted by atomic mass is 10.0. The Hall–Kier alpha value is -2.00. The second kappa shape index (κ2) is 9.85. The van der Waals surface area contributed by atoms with E-state index in [2.05, 4.69) is 12.1 Å². The van der Waals surface area contributed by atoms with E-state index in [0.717, 1.165) is 22.6 Å². The van der Waals surface area contributed by atoms with Crippen LogP contribution in [0.1, 0.15) is 27.7 Å². The minimum atomic E-state index is -0.0673. The van der Waals surface area contributed by atoms with E-state index in [9.17, 15) is 0 Å². The zero-order valence-electron chi connectivity index (χ0n) is 14.0. The third-order valence-electron chi connectivity index (χ3n) is 3.04. The highest BCUT2D eigenvalue weighted by Crippen LogP contribution is 2.40. The van der Waals surface area contributed by atoms with Gasteiger partial charge in [-0.3, -0.25) is 0 Å². The van der Waals surface area contributed by atoms with E-state index in [4.69, 9.17) is 15.2 Å². The molecule has 1 aliphatic rings. The molecule has 0 spiro atoms. The first-order valence-electron chi connectivity index (χ1n) is 8.06. The number of fused-ring (bicyclic) bond motifs is 1. The number of hydrogen-bond donors (Lipinski definition) is 1. The van der Waals surface area contributed by atoms with E-state index in [-0.39, 0.29) is 6.10 Å².